The minimum atomic E-state index is -0.942. The van der Waals surface area contributed by atoms with Gasteiger partial charge in [0, 0.05) is 19.5 Å². The Morgan fingerprint density at radius 2 is 2.00 bits per heavy atom. The summed E-state index contributed by atoms with van der Waals surface area (Å²) in [4.78, 5) is 20.9. The third-order valence-electron chi connectivity index (χ3n) is 1.26. The second-order valence-corrected chi connectivity index (χ2v) is 2.40. The third kappa shape index (κ3) is 7.17. The van der Waals surface area contributed by atoms with Gasteiger partial charge in [-0.25, -0.2) is 0 Å². The van der Waals surface area contributed by atoms with Crippen LogP contribution in [-0.2, 0) is 9.59 Å². The minimum Gasteiger partial charge on any atom is -0.481 e. The van der Waals surface area contributed by atoms with Crippen LogP contribution in [-0.4, -0.2) is 36.5 Å². The number of carbonyl (C=O) groups excluding carboxylic acids is 1. The fourth-order valence-corrected chi connectivity index (χ4v) is 0.665. The van der Waals surface area contributed by atoms with Gasteiger partial charge in [0.1, 0.15) is 5.78 Å². The van der Waals surface area contributed by atoms with E-state index in [-0.39, 0.29) is 25.2 Å². The molecule has 12 heavy (non-hydrogen) atoms. The van der Waals surface area contributed by atoms with Crippen molar-refractivity contribution in [1.29, 1.82) is 0 Å². The number of rotatable bonds is 7. The van der Waals surface area contributed by atoms with E-state index in [9.17, 15) is 9.59 Å². The normalized spacial score (nSPS) is 9.75. The summed E-state index contributed by atoms with van der Waals surface area (Å²) < 4.78 is 0. The molecule has 0 bridgehead atoms. The van der Waals surface area contributed by atoms with Crippen molar-refractivity contribution < 1.29 is 14.7 Å². The molecule has 70 valence electrons. The molecule has 0 aromatic heterocycles. The lowest BCUT2D eigenvalue weighted by atomic mass is 10.2. The SMILES string of the molecule is NCCNCC(=O)CCC(=O)O. The molecule has 0 spiro atoms. The lowest BCUT2D eigenvalue weighted by Crippen LogP contribution is -2.28. The largest absolute Gasteiger partial charge is 0.481 e. The number of carbonyl (C=O) groups is 2. The van der Waals surface area contributed by atoms with Crippen LogP contribution in [0.4, 0.5) is 0 Å². The number of carboxylic acid groups (broad SMARTS) is 1. The van der Waals surface area contributed by atoms with E-state index in [1.54, 1.807) is 0 Å². The fraction of sp³-hybridized carbons (Fsp3) is 0.714. The van der Waals surface area contributed by atoms with E-state index in [4.69, 9.17) is 10.8 Å². The highest BCUT2D eigenvalue weighted by Gasteiger charge is 2.03. The molecule has 4 N–H and O–H groups in total. The van der Waals surface area contributed by atoms with Crippen molar-refractivity contribution in [2.75, 3.05) is 19.6 Å². The average molecular weight is 174 g/mol. The van der Waals surface area contributed by atoms with Crippen LogP contribution in [0.2, 0.25) is 0 Å². The van der Waals surface area contributed by atoms with Gasteiger partial charge in [-0.15, -0.1) is 0 Å². The van der Waals surface area contributed by atoms with Gasteiger partial charge in [0.2, 0.25) is 0 Å². The van der Waals surface area contributed by atoms with Gasteiger partial charge in [-0.1, -0.05) is 0 Å². The predicted octanol–water partition coefficient (Wildman–Crippen LogP) is -1.03. The van der Waals surface area contributed by atoms with Gasteiger partial charge < -0.3 is 16.2 Å². The first kappa shape index (κ1) is 11.1. The highest BCUT2D eigenvalue weighted by atomic mass is 16.4. The van der Waals surface area contributed by atoms with E-state index in [0.717, 1.165) is 0 Å². The Morgan fingerprint density at radius 3 is 2.50 bits per heavy atom. The molecule has 0 saturated heterocycles. The zero-order valence-corrected chi connectivity index (χ0v) is 6.88. The summed E-state index contributed by atoms with van der Waals surface area (Å²) in [6, 6.07) is 0. The Labute approximate surface area is 70.9 Å². The number of hydrogen-bond donors (Lipinski definition) is 3. The number of aliphatic carboxylic acids is 1. The molecule has 0 aromatic rings. The molecule has 0 atom stereocenters. The Bertz CT molecular complexity index is 159. The van der Waals surface area contributed by atoms with E-state index in [1.165, 1.54) is 0 Å². The molecule has 0 unspecified atom stereocenters. The van der Waals surface area contributed by atoms with Crippen molar-refractivity contribution in [3.8, 4) is 0 Å². The van der Waals surface area contributed by atoms with Crippen LogP contribution in [0.3, 0.4) is 0 Å². The van der Waals surface area contributed by atoms with Crippen molar-refractivity contribution >= 4 is 11.8 Å². The van der Waals surface area contributed by atoms with Crippen molar-refractivity contribution in [3.05, 3.63) is 0 Å². The molecule has 0 aliphatic heterocycles. The third-order valence-corrected chi connectivity index (χ3v) is 1.26. The number of ketones is 1. The van der Waals surface area contributed by atoms with E-state index >= 15 is 0 Å². The number of hydrogen-bond acceptors (Lipinski definition) is 4. The zero-order valence-electron chi connectivity index (χ0n) is 6.88. The molecule has 5 nitrogen and oxygen atoms in total. The highest BCUT2D eigenvalue weighted by molar-refractivity contribution is 5.83. The first-order chi connectivity index (χ1) is 5.66. The van der Waals surface area contributed by atoms with Crippen LogP contribution in [0, 0.1) is 0 Å². The first-order valence-electron chi connectivity index (χ1n) is 3.81. The van der Waals surface area contributed by atoms with Crippen LogP contribution in [0.15, 0.2) is 0 Å². The summed E-state index contributed by atoms with van der Waals surface area (Å²) in [7, 11) is 0. The van der Waals surface area contributed by atoms with Crippen LogP contribution < -0.4 is 11.1 Å². The molecule has 0 fully saturated rings. The van der Waals surface area contributed by atoms with Crippen molar-refractivity contribution in [2.45, 2.75) is 12.8 Å². The minimum absolute atomic E-state index is 0.0902. The first-order valence-corrected chi connectivity index (χ1v) is 3.81. The second-order valence-electron chi connectivity index (χ2n) is 2.40. The Hall–Kier alpha value is -0.940. The Kier molecular flexibility index (Phi) is 6.22. The zero-order chi connectivity index (χ0) is 9.40. The van der Waals surface area contributed by atoms with E-state index in [2.05, 4.69) is 5.32 Å². The Morgan fingerprint density at radius 1 is 1.33 bits per heavy atom. The molecule has 0 aromatic carbocycles. The van der Waals surface area contributed by atoms with Gasteiger partial charge >= 0.3 is 5.97 Å². The Balaban J connectivity index is 3.28. The van der Waals surface area contributed by atoms with Gasteiger partial charge in [-0.2, -0.15) is 0 Å². The summed E-state index contributed by atoms with van der Waals surface area (Å²) in [5.74, 6) is -1.03. The fourth-order valence-electron chi connectivity index (χ4n) is 0.665. The van der Waals surface area contributed by atoms with Crippen molar-refractivity contribution in [3.63, 3.8) is 0 Å². The lowest BCUT2D eigenvalue weighted by Gasteiger charge is -1.99. The second kappa shape index (κ2) is 6.75. The number of Topliss-reactive ketones (excluding diaryl/α,β-unsaturated/α-hetero) is 1. The van der Waals surface area contributed by atoms with E-state index in [0.29, 0.717) is 13.1 Å². The van der Waals surface area contributed by atoms with Crippen molar-refractivity contribution in [1.82, 2.24) is 5.32 Å². The number of nitrogens with two attached hydrogens (primary N) is 1. The van der Waals surface area contributed by atoms with E-state index in [1.807, 2.05) is 0 Å². The van der Waals surface area contributed by atoms with Gasteiger partial charge in [0.05, 0.1) is 13.0 Å². The van der Waals surface area contributed by atoms with E-state index < -0.39 is 5.97 Å². The lowest BCUT2D eigenvalue weighted by molar-refractivity contribution is -0.138. The summed E-state index contributed by atoms with van der Waals surface area (Å²) in [5.41, 5.74) is 5.17. The summed E-state index contributed by atoms with van der Waals surface area (Å²) >= 11 is 0. The summed E-state index contributed by atoms with van der Waals surface area (Å²) in [6.07, 6.45) is -0.00393. The van der Waals surface area contributed by atoms with Crippen LogP contribution in [0.1, 0.15) is 12.8 Å². The summed E-state index contributed by atoms with van der Waals surface area (Å²) in [5, 5.41) is 11.0. The molecule has 5 heteroatoms. The molecule has 0 saturated carbocycles. The molecular weight excluding hydrogens is 160 g/mol. The standard InChI is InChI=1S/C7H14N2O3/c8-3-4-9-5-6(10)1-2-7(11)12/h9H,1-5,8H2,(H,11,12). The van der Waals surface area contributed by atoms with Gasteiger partial charge in [0.15, 0.2) is 0 Å². The topological polar surface area (TPSA) is 92.4 Å². The number of carboxylic acids is 1. The van der Waals surface area contributed by atoms with Crippen LogP contribution >= 0.6 is 0 Å². The molecule has 0 aliphatic carbocycles. The molecule has 0 aliphatic rings. The van der Waals surface area contributed by atoms with Crippen LogP contribution in [0.25, 0.3) is 0 Å². The maximum absolute atomic E-state index is 10.9. The highest BCUT2D eigenvalue weighted by Crippen LogP contribution is 1.89. The van der Waals surface area contributed by atoms with Crippen molar-refractivity contribution in [2.24, 2.45) is 5.73 Å². The maximum Gasteiger partial charge on any atom is 0.303 e. The molecule has 0 amide bonds. The molecular formula is C7H14N2O3. The molecule has 0 heterocycles. The molecule has 0 rings (SSSR count). The quantitative estimate of drug-likeness (QED) is 0.429. The molecule has 0 radical (unpaired) electrons. The summed E-state index contributed by atoms with van der Waals surface area (Å²) in [6.45, 7) is 1.27. The van der Waals surface area contributed by atoms with Gasteiger partial charge in [-0.05, 0) is 0 Å². The van der Waals surface area contributed by atoms with Gasteiger partial charge in [0.25, 0.3) is 0 Å². The van der Waals surface area contributed by atoms with Crippen LogP contribution in [0.5, 0.6) is 0 Å². The monoisotopic (exact) mass is 174 g/mol. The van der Waals surface area contributed by atoms with Gasteiger partial charge in [-0.3, -0.25) is 9.59 Å². The average Bonchev–Trinajstić information content (AvgIpc) is 2.01. The maximum atomic E-state index is 10.9. The number of nitrogens with one attached hydrogen (secondary N) is 1. The predicted molar refractivity (Wildman–Crippen MR) is 43.8 cm³/mol. The smallest absolute Gasteiger partial charge is 0.303 e.